The van der Waals surface area contributed by atoms with Gasteiger partial charge in [-0.2, -0.15) is 0 Å². The van der Waals surface area contributed by atoms with Crippen LogP contribution in [-0.2, 0) is 19.1 Å². The van der Waals surface area contributed by atoms with Gasteiger partial charge in [0.05, 0.1) is 6.61 Å². The highest BCUT2D eigenvalue weighted by molar-refractivity contribution is 5.89. The molecule has 1 aliphatic rings. The third-order valence-corrected chi connectivity index (χ3v) is 6.10. The number of carbonyl (C=O) groups is 3. The molecule has 0 saturated heterocycles. The summed E-state index contributed by atoms with van der Waals surface area (Å²) in [5.74, 6) is -1.47. The van der Waals surface area contributed by atoms with Crippen molar-refractivity contribution in [2.75, 3.05) is 26.9 Å². The lowest BCUT2D eigenvalue weighted by atomic mass is 9.98. The molecule has 1 aliphatic carbocycles. The summed E-state index contributed by atoms with van der Waals surface area (Å²) in [5, 5.41) is 14.3. The van der Waals surface area contributed by atoms with Gasteiger partial charge >= 0.3 is 12.1 Å². The Morgan fingerprint density at radius 2 is 1.65 bits per heavy atom. The smallest absolute Gasteiger partial charge is 0.408 e. The molecule has 0 heterocycles. The van der Waals surface area contributed by atoms with Gasteiger partial charge in [0.2, 0.25) is 5.91 Å². The number of aliphatic carboxylic acids is 1. The molecule has 182 valence electrons. The lowest BCUT2D eigenvalue weighted by molar-refractivity contribution is -0.138. The zero-order valence-corrected chi connectivity index (χ0v) is 19.8. The van der Waals surface area contributed by atoms with Crippen LogP contribution in [0.1, 0.15) is 43.7 Å². The summed E-state index contributed by atoms with van der Waals surface area (Å²) in [6.07, 6.45) is -0.175. The van der Waals surface area contributed by atoms with Gasteiger partial charge in [-0.1, -0.05) is 55.5 Å². The minimum Gasteiger partial charge on any atom is -0.481 e. The van der Waals surface area contributed by atoms with E-state index in [1.165, 1.54) is 7.11 Å². The van der Waals surface area contributed by atoms with Gasteiger partial charge in [-0.25, -0.2) is 4.79 Å². The van der Waals surface area contributed by atoms with E-state index in [0.717, 1.165) is 22.3 Å². The predicted octanol–water partition coefficient (Wildman–Crippen LogP) is 3.55. The first-order chi connectivity index (χ1) is 16.2. The number of rotatable bonds is 11. The molecule has 0 aromatic heterocycles. The summed E-state index contributed by atoms with van der Waals surface area (Å²) in [4.78, 5) is 36.3. The van der Waals surface area contributed by atoms with Crippen LogP contribution in [0.5, 0.6) is 0 Å². The van der Waals surface area contributed by atoms with Crippen LogP contribution >= 0.6 is 0 Å². The Kier molecular flexibility index (Phi) is 8.28. The van der Waals surface area contributed by atoms with Crippen molar-refractivity contribution >= 4 is 18.0 Å². The molecule has 0 spiro atoms. The summed E-state index contributed by atoms with van der Waals surface area (Å²) in [6.45, 7) is 3.75. The van der Waals surface area contributed by atoms with Crippen LogP contribution in [-0.4, -0.2) is 55.5 Å². The van der Waals surface area contributed by atoms with Crippen molar-refractivity contribution in [3.63, 3.8) is 0 Å². The van der Waals surface area contributed by atoms with Crippen LogP contribution in [0, 0.1) is 5.92 Å². The van der Waals surface area contributed by atoms with E-state index in [-0.39, 0.29) is 31.5 Å². The van der Waals surface area contributed by atoms with Crippen molar-refractivity contribution in [2.45, 2.75) is 38.1 Å². The average Bonchev–Trinajstić information content (AvgIpc) is 3.11. The number of hydrogen-bond acceptors (Lipinski definition) is 5. The number of carbonyl (C=O) groups excluding carboxylic acids is 2. The third-order valence-electron chi connectivity index (χ3n) is 6.10. The molecule has 0 saturated carbocycles. The Morgan fingerprint density at radius 3 is 2.21 bits per heavy atom. The van der Waals surface area contributed by atoms with E-state index in [2.05, 4.69) is 22.8 Å². The second-order valence-electron chi connectivity index (χ2n) is 8.96. The first kappa shape index (κ1) is 25.2. The van der Waals surface area contributed by atoms with Crippen molar-refractivity contribution in [2.24, 2.45) is 5.92 Å². The fraction of sp³-hybridized carbons (Fsp3) is 0.423. The summed E-state index contributed by atoms with van der Waals surface area (Å²) < 4.78 is 10.7. The molecule has 0 aliphatic heterocycles. The molecule has 2 aromatic carbocycles. The van der Waals surface area contributed by atoms with E-state index >= 15 is 0 Å². The summed E-state index contributed by atoms with van der Waals surface area (Å²) in [6, 6.07) is 16.1. The van der Waals surface area contributed by atoms with Crippen LogP contribution in [0.25, 0.3) is 11.1 Å². The van der Waals surface area contributed by atoms with Crippen molar-refractivity contribution < 1.29 is 29.0 Å². The number of fused-ring (bicyclic) bond motifs is 3. The molecular formula is C26H32N2O6. The monoisotopic (exact) mass is 468 g/mol. The molecule has 3 N–H and O–H groups in total. The number of alkyl carbamates (subject to hydrolysis) is 1. The minimum absolute atomic E-state index is 0.0310. The standard InChI is InChI=1S/C26H32N2O6/c1-17(14-23(29)30)12-13-27-24(31)26(2,16-33-3)28-25(32)34-15-22-20-10-6-4-8-18(20)19-9-5-7-11-21(19)22/h4-11,17,22H,12-16H2,1-3H3,(H,27,31)(H,28,32)(H,29,30). The molecule has 8 heteroatoms. The topological polar surface area (TPSA) is 114 Å². The van der Waals surface area contributed by atoms with Gasteiger partial charge in [-0.3, -0.25) is 9.59 Å². The SMILES string of the molecule is COCC(C)(NC(=O)OCC1c2ccccc2-c2ccccc21)C(=O)NCCC(C)CC(=O)O. The number of ether oxygens (including phenoxy) is 2. The Labute approximate surface area is 199 Å². The van der Waals surface area contributed by atoms with Gasteiger partial charge < -0.3 is 25.2 Å². The van der Waals surface area contributed by atoms with Crippen molar-refractivity contribution in [3.8, 4) is 11.1 Å². The van der Waals surface area contributed by atoms with E-state index in [9.17, 15) is 14.4 Å². The van der Waals surface area contributed by atoms with Gasteiger partial charge in [-0.15, -0.1) is 0 Å². The lowest BCUT2D eigenvalue weighted by Crippen LogP contribution is -2.59. The predicted molar refractivity (Wildman–Crippen MR) is 128 cm³/mol. The van der Waals surface area contributed by atoms with Gasteiger partial charge in [0.15, 0.2) is 0 Å². The van der Waals surface area contributed by atoms with E-state index in [1.807, 2.05) is 43.3 Å². The van der Waals surface area contributed by atoms with Crippen molar-refractivity contribution in [1.29, 1.82) is 0 Å². The summed E-state index contributed by atoms with van der Waals surface area (Å²) in [5.41, 5.74) is 3.13. The van der Waals surface area contributed by atoms with E-state index < -0.39 is 23.5 Å². The number of methoxy groups -OCH3 is 1. The summed E-state index contributed by atoms with van der Waals surface area (Å²) in [7, 11) is 1.44. The van der Waals surface area contributed by atoms with Crippen LogP contribution in [0.3, 0.4) is 0 Å². The van der Waals surface area contributed by atoms with Gasteiger partial charge in [-0.05, 0) is 41.5 Å². The molecule has 34 heavy (non-hydrogen) atoms. The van der Waals surface area contributed by atoms with E-state index in [4.69, 9.17) is 14.6 Å². The molecule has 2 atom stereocenters. The molecule has 0 fully saturated rings. The molecule has 2 aromatic rings. The van der Waals surface area contributed by atoms with Crippen molar-refractivity contribution in [3.05, 3.63) is 59.7 Å². The largest absolute Gasteiger partial charge is 0.481 e. The Hall–Kier alpha value is -3.39. The quantitative estimate of drug-likeness (QED) is 0.465. The van der Waals surface area contributed by atoms with Gasteiger partial charge in [0, 0.05) is 26.0 Å². The zero-order valence-electron chi connectivity index (χ0n) is 19.8. The van der Waals surface area contributed by atoms with Gasteiger partial charge in [0.1, 0.15) is 12.1 Å². The fourth-order valence-electron chi connectivity index (χ4n) is 4.33. The van der Waals surface area contributed by atoms with E-state index in [0.29, 0.717) is 13.0 Å². The average molecular weight is 469 g/mol. The maximum absolute atomic E-state index is 12.8. The Balaban J connectivity index is 1.59. The van der Waals surface area contributed by atoms with E-state index in [1.54, 1.807) is 6.92 Å². The number of carboxylic acids is 1. The molecule has 8 nitrogen and oxygen atoms in total. The minimum atomic E-state index is -1.34. The number of hydrogen-bond donors (Lipinski definition) is 3. The molecular weight excluding hydrogens is 436 g/mol. The molecule has 0 bridgehead atoms. The number of nitrogens with one attached hydrogen (secondary N) is 2. The number of amides is 2. The van der Waals surface area contributed by atoms with Gasteiger partial charge in [0.25, 0.3) is 0 Å². The third kappa shape index (κ3) is 5.94. The maximum Gasteiger partial charge on any atom is 0.408 e. The Morgan fingerprint density at radius 1 is 1.06 bits per heavy atom. The summed E-state index contributed by atoms with van der Waals surface area (Å²) >= 11 is 0. The van der Waals surface area contributed by atoms with Crippen molar-refractivity contribution in [1.82, 2.24) is 10.6 Å². The first-order valence-corrected chi connectivity index (χ1v) is 11.4. The highest BCUT2D eigenvalue weighted by Crippen LogP contribution is 2.44. The molecule has 2 amide bonds. The molecule has 3 rings (SSSR count). The van der Waals surface area contributed by atoms with Crippen LogP contribution in [0.2, 0.25) is 0 Å². The van der Waals surface area contributed by atoms with Crippen LogP contribution in [0.15, 0.2) is 48.5 Å². The molecule has 0 radical (unpaired) electrons. The Bertz CT molecular complexity index is 994. The van der Waals surface area contributed by atoms with Crippen LogP contribution in [0.4, 0.5) is 4.79 Å². The van der Waals surface area contributed by atoms with Crippen LogP contribution < -0.4 is 10.6 Å². The first-order valence-electron chi connectivity index (χ1n) is 11.4. The highest BCUT2D eigenvalue weighted by Gasteiger charge is 2.36. The zero-order chi connectivity index (χ0) is 24.7. The highest BCUT2D eigenvalue weighted by atomic mass is 16.5. The second kappa shape index (κ2) is 11.2. The maximum atomic E-state index is 12.8. The fourth-order valence-corrected chi connectivity index (χ4v) is 4.33. The lowest BCUT2D eigenvalue weighted by Gasteiger charge is -2.29. The second-order valence-corrected chi connectivity index (χ2v) is 8.96. The molecule has 2 unspecified atom stereocenters. The number of benzene rings is 2. The normalized spacial score (nSPS) is 14.9. The number of carboxylic acid groups (broad SMARTS) is 1.